The summed E-state index contributed by atoms with van der Waals surface area (Å²) in [6, 6.07) is 17.4. The molecule has 6 N–H and O–H groups in total. The summed E-state index contributed by atoms with van der Waals surface area (Å²) in [5.41, 5.74) is 11.2. The number of fused-ring (bicyclic) bond motifs is 1. The first kappa shape index (κ1) is 24.8. The van der Waals surface area contributed by atoms with Gasteiger partial charge >= 0.3 is 0 Å². The molecule has 0 radical (unpaired) electrons. The predicted molar refractivity (Wildman–Crippen MR) is 143 cm³/mol. The number of hydrogen-bond donors (Lipinski definition) is 5. The highest BCUT2D eigenvalue weighted by Gasteiger charge is 2.18. The van der Waals surface area contributed by atoms with Gasteiger partial charge in [0.2, 0.25) is 0 Å². The lowest BCUT2D eigenvalue weighted by Crippen LogP contribution is -2.25. The fraction of sp³-hybridized carbons (Fsp3) is 0.143. The Bertz CT molecular complexity index is 1610. The molecule has 0 fully saturated rings. The first-order chi connectivity index (χ1) is 18.4. The minimum absolute atomic E-state index is 0.277. The molecule has 0 amide bonds. The van der Waals surface area contributed by atoms with Crippen molar-refractivity contribution in [3.05, 3.63) is 101 Å². The number of halogens is 1. The number of hydrogen-bond acceptors (Lipinski definition) is 8. The Labute approximate surface area is 218 Å². The van der Waals surface area contributed by atoms with Crippen LogP contribution in [-0.4, -0.2) is 25.0 Å². The standard InChI is InChI=1S/C28H25FN8O/c1-16(19-6-8-21(29)9-7-19)37-28(38)22-10-18(11-30)13-33-26(22)32-12-17-2-4-20(5-3-17)23-14-34-27-24(23)25(31)35-15-36-27/h2-10,13-16,28,37-38H,12H2,1H3,(H,32,33)(H3,31,34,35,36)/t16-,28?/m0/s1. The first-order valence-corrected chi connectivity index (χ1v) is 11.9. The van der Waals surface area contributed by atoms with Gasteiger partial charge in [-0.1, -0.05) is 36.4 Å². The van der Waals surface area contributed by atoms with E-state index in [1.54, 1.807) is 18.2 Å². The minimum atomic E-state index is -1.12. The summed E-state index contributed by atoms with van der Waals surface area (Å²) in [7, 11) is 0. The van der Waals surface area contributed by atoms with Gasteiger partial charge in [0.05, 0.1) is 10.9 Å². The number of nitrogen functional groups attached to an aromatic ring is 1. The van der Waals surface area contributed by atoms with E-state index in [1.807, 2.05) is 37.4 Å². The molecule has 0 aliphatic carbocycles. The second-order valence-electron chi connectivity index (χ2n) is 8.85. The maximum atomic E-state index is 13.3. The molecule has 0 saturated carbocycles. The third-order valence-electron chi connectivity index (χ3n) is 6.34. The van der Waals surface area contributed by atoms with Gasteiger partial charge < -0.3 is 21.1 Å². The van der Waals surface area contributed by atoms with Crippen molar-refractivity contribution in [2.24, 2.45) is 0 Å². The van der Waals surface area contributed by atoms with Crippen LogP contribution in [0.1, 0.15) is 41.4 Å². The van der Waals surface area contributed by atoms with Crippen LogP contribution in [0.15, 0.2) is 73.3 Å². The fourth-order valence-electron chi connectivity index (χ4n) is 4.28. The van der Waals surface area contributed by atoms with Gasteiger partial charge in [-0.2, -0.15) is 5.26 Å². The summed E-state index contributed by atoms with van der Waals surface area (Å²) in [5, 5.41) is 27.4. The lowest BCUT2D eigenvalue weighted by Gasteiger charge is -2.22. The van der Waals surface area contributed by atoms with Crippen molar-refractivity contribution in [2.45, 2.75) is 25.7 Å². The van der Waals surface area contributed by atoms with Crippen LogP contribution in [0, 0.1) is 17.1 Å². The van der Waals surface area contributed by atoms with E-state index < -0.39 is 6.23 Å². The predicted octanol–water partition coefficient (Wildman–Crippen LogP) is 4.57. The Hall–Kier alpha value is -4.85. The Morgan fingerprint density at radius 3 is 2.61 bits per heavy atom. The molecule has 0 saturated heterocycles. The molecule has 1 unspecified atom stereocenters. The minimum Gasteiger partial charge on any atom is -0.383 e. The fourth-order valence-corrected chi connectivity index (χ4v) is 4.28. The van der Waals surface area contributed by atoms with Crippen LogP contribution < -0.4 is 16.4 Å². The average Bonchev–Trinajstić information content (AvgIpc) is 3.38. The van der Waals surface area contributed by atoms with Crippen LogP contribution in [0.5, 0.6) is 0 Å². The average molecular weight is 509 g/mol. The lowest BCUT2D eigenvalue weighted by atomic mass is 10.0. The van der Waals surface area contributed by atoms with Gasteiger partial charge in [-0.05, 0) is 41.8 Å². The molecule has 5 rings (SSSR count). The van der Waals surface area contributed by atoms with Crippen molar-refractivity contribution < 1.29 is 9.50 Å². The van der Waals surface area contributed by atoms with Gasteiger partial charge in [-0.3, -0.25) is 5.32 Å². The largest absolute Gasteiger partial charge is 0.383 e. The summed E-state index contributed by atoms with van der Waals surface area (Å²) in [4.78, 5) is 15.8. The number of nitrogens with zero attached hydrogens (tertiary/aromatic N) is 4. The van der Waals surface area contributed by atoms with E-state index in [0.717, 1.165) is 27.6 Å². The molecule has 0 spiro atoms. The molecule has 5 aromatic rings. The van der Waals surface area contributed by atoms with Gasteiger partial charge in [-0.15, -0.1) is 0 Å². The van der Waals surface area contributed by atoms with Gasteiger partial charge in [0, 0.05) is 36.1 Å². The van der Waals surface area contributed by atoms with Crippen LogP contribution >= 0.6 is 0 Å². The molecule has 2 aromatic carbocycles. The van der Waals surface area contributed by atoms with Crippen molar-refractivity contribution in [1.82, 2.24) is 25.3 Å². The van der Waals surface area contributed by atoms with E-state index in [-0.39, 0.29) is 11.9 Å². The summed E-state index contributed by atoms with van der Waals surface area (Å²) in [6.07, 6.45) is 3.62. The highest BCUT2D eigenvalue weighted by molar-refractivity contribution is 6.00. The smallest absolute Gasteiger partial charge is 0.143 e. The molecular weight excluding hydrogens is 483 g/mol. The number of nitrogens with two attached hydrogens (primary N) is 1. The lowest BCUT2D eigenvalue weighted by molar-refractivity contribution is 0.126. The highest BCUT2D eigenvalue weighted by atomic mass is 19.1. The van der Waals surface area contributed by atoms with Crippen LogP contribution in [-0.2, 0) is 6.54 Å². The van der Waals surface area contributed by atoms with Gasteiger partial charge in [-0.25, -0.2) is 19.3 Å². The third-order valence-corrected chi connectivity index (χ3v) is 6.34. The summed E-state index contributed by atoms with van der Waals surface area (Å²) in [6.45, 7) is 2.30. The number of aliphatic hydroxyl groups excluding tert-OH is 1. The van der Waals surface area contributed by atoms with Gasteiger partial charge in [0.25, 0.3) is 0 Å². The van der Waals surface area contributed by atoms with Crippen LogP contribution in [0.2, 0.25) is 0 Å². The van der Waals surface area contributed by atoms with Crippen molar-refractivity contribution in [1.29, 1.82) is 5.26 Å². The van der Waals surface area contributed by atoms with E-state index in [4.69, 9.17) is 5.73 Å². The summed E-state index contributed by atoms with van der Waals surface area (Å²) < 4.78 is 13.3. The topological polar surface area (TPSA) is 149 Å². The number of anilines is 2. The van der Waals surface area contributed by atoms with Crippen LogP contribution in [0.3, 0.4) is 0 Å². The van der Waals surface area contributed by atoms with Crippen LogP contribution in [0.25, 0.3) is 22.2 Å². The number of aliphatic hydroxyl groups is 1. The van der Waals surface area contributed by atoms with Gasteiger partial charge in [0.1, 0.15) is 41.7 Å². The molecule has 0 bridgehead atoms. The zero-order valence-electron chi connectivity index (χ0n) is 20.5. The van der Waals surface area contributed by atoms with Crippen molar-refractivity contribution in [2.75, 3.05) is 11.1 Å². The molecule has 9 nitrogen and oxygen atoms in total. The number of nitrogens with one attached hydrogen (secondary N) is 3. The molecule has 3 aromatic heterocycles. The van der Waals surface area contributed by atoms with Crippen molar-refractivity contribution in [3.63, 3.8) is 0 Å². The SMILES string of the molecule is C[C@H](NC(O)c1cc(C#N)cnc1NCc1ccc(-c2c[nH]c3ncnc(N)c23)cc1)c1ccc(F)cc1. The first-order valence-electron chi connectivity index (χ1n) is 11.9. The second-order valence-corrected chi connectivity index (χ2v) is 8.85. The number of H-pyrrole nitrogens is 1. The van der Waals surface area contributed by atoms with E-state index in [0.29, 0.717) is 35.0 Å². The Balaban J connectivity index is 1.32. The molecule has 10 heteroatoms. The van der Waals surface area contributed by atoms with Crippen LogP contribution in [0.4, 0.5) is 16.0 Å². The van der Waals surface area contributed by atoms with Crippen molar-refractivity contribution in [3.8, 4) is 17.2 Å². The molecule has 0 aliphatic rings. The Morgan fingerprint density at radius 1 is 1.11 bits per heavy atom. The Kier molecular flexibility index (Phi) is 6.95. The zero-order valence-corrected chi connectivity index (χ0v) is 20.5. The summed E-state index contributed by atoms with van der Waals surface area (Å²) >= 11 is 0. The van der Waals surface area contributed by atoms with Gasteiger partial charge in [0.15, 0.2) is 0 Å². The second kappa shape index (κ2) is 10.6. The number of aromatic amines is 1. The molecule has 190 valence electrons. The van der Waals surface area contributed by atoms with E-state index in [2.05, 4.69) is 36.6 Å². The molecular formula is C28H25FN8O. The van der Waals surface area contributed by atoms with Crippen molar-refractivity contribution >= 4 is 22.7 Å². The van der Waals surface area contributed by atoms with E-state index >= 15 is 0 Å². The number of pyridine rings is 1. The number of rotatable bonds is 8. The van der Waals surface area contributed by atoms with E-state index in [1.165, 1.54) is 24.7 Å². The highest BCUT2D eigenvalue weighted by Crippen LogP contribution is 2.31. The number of aromatic nitrogens is 4. The molecule has 38 heavy (non-hydrogen) atoms. The maximum absolute atomic E-state index is 13.3. The van der Waals surface area contributed by atoms with E-state index in [9.17, 15) is 14.8 Å². The third kappa shape index (κ3) is 5.15. The number of nitriles is 1. The molecule has 3 heterocycles. The maximum Gasteiger partial charge on any atom is 0.143 e. The zero-order chi connectivity index (χ0) is 26.6. The monoisotopic (exact) mass is 508 g/mol. The number of benzene rings is 2. The normalized spacial score (nSPS) is 12.7. The molecule has 0 aliphatic heterocycles. The Morgan fingerprint density at radius 2 is 1.87 bits per heavy atom. The quantitative estimate of drug-likeness (QED) is 0.191. The molecule has 2 atom stereocenters. The summed E-state index contributed by atoms with van der Waals surface area (Å²) in [5.74, 6) is 0.532.